The van der Waals surface area contributed by atoms with Gasteiger partial charge in [0.15, 0.2) is 5.03 Å². The Balaban J connectivity index is 1.41. The molecule has 10 heteroatoms. The fourth-order valence-electron chi connectivity index (χ4n) is 4.68. The maximum atomic E-state index is 13.2. The third kappa shape index (κ3) is 4.90. The van der Waals surface area contributed by atoms with E-state index in [9.17, 15) is 18.3 Å². The first-order valence-electron chi connectivity index (χ1n) is 11.9. The minimum Gasteiger partial charge on any atom is -0.481 e. The van der Waals surface area contributed by atoms with Crippen LogP contribution in [0.1, 0.15) is 44.1 Å². The van der Waals surface area contributed by atoms with Gasteiger partial charge in [0.2, 0.25) is 0 Å². The van der Waals surface area contributed by atoms with Gasteiger partial charge in [0, 0.05) is 18.7 Å². The maximum Gasteiger partial charge on any atom is 0.311 e. The summed E-state index contributed by atoms with van der Waals surface area (Å²) < 4.78 is 29.0. The number of piperidine rings is 1. The molecule has 1 aliphatic carbocycles. The molecule has 1 aromatic carbocycles. The number of aliphatic carboxylic acids is 1. The van der Waals surface area contributed by atoms with Crippen LogP contribution in [0.2, 0.25) is 5.02 Å². The third-order valence-electron chi connectivity index (χ3n) is 6.84. The highest BCUT2D eigenvalue weighted by atomic mass is 35.5. The zero-order valence-corrected chi connectivity index (χ0v) is 21.4. The number of carboxylic acid groups (broad SMARTS) is 1. The van der Waals surface area contributed by atoms with Crippen LogP contribution in [-0.4, -0.2) is 42.6 Å². The number of hydrogen-bond acceptors (Lipinski definition) is 6. The molecule has 2 aromatic heterocycles. The molecule has 8 nitrogen and oxygen atoms in total. The van der Waals surface area contributed by atoms with Crippen LogP contribution in [0.3, 0.4) is 0 Å². The van der Waals surface area contributed by atoms with Gasteiger partial charge in [-0.3, -0.25) is 9.52 Å². The molecule has 2 aliphatic rings. The van der Waals surface area contributed by atoms with E-state index in [1.807, 2.05) is 23.1 Å². The molecular weight excluding hydrogens is 500 g/mol. The molecule has 5 rings (SSSR count). The molecule has 0 radical (unpaired) electrons. The van der Waals surface area contributed by atoms with E-state index in [1.165, 1.54) is 12.1 Å². The zero-order valence-electron chi connectivity index (χ0n) is 19.8. The van der Waals surface area contributed by atoms with Crippen LogP contribution < -0.4 is 9.62 Å². The summed E-state index contributed by atoms with van der Waals surface area (Å²) in [7, 11) is -4.06. The van der Waals surface area contributed by atoms with Crippen molar-refractivity contribution in [1.29, 1.82) is 0 Å². The molecule has 2 fully saturated rings. The van der Waals surface area contributed by atoms with E-state index < -0.39 is 21.4 Å². The number of aromatic nitrogens is 2. The highest BCUT2D eigenvalue weighted by molar-refractivity contribution is 7.92. The maximum absolute atomic E-state index is 13.2. The number of nitrogens with zero attached hydrogens (tertiary/aromatic N) is 3. The topological polar surface area (TPSA) is 112 Å². The standard InChI is InChI=1S/C26H27ClN4O4S/c1-26(25(32)33)14-5-15-31(16-26)22-8-4-9-23(29-22)36(34,35)30-21-13-12-20(27)24(28-21)19-7-3-2-6-18(19)17-10-11-17/h2-4,6-9,12-13,17H,5,10-11,14-16H2,1H3,(H,28,30)(H,32,33). The van der Waals surface area contributed by atoms with Crippen LogP contribution >= 0.6 is 11.6 Å². The van der Waals surface area contributed by atoms with E-state index >= 15 is 0 Å². The summed E-state index contributed by atoms with van der Waals surface area (Å²) in [5, 5.41) is 9.89. The van der Waals surface area contributed by atoms with Gasteiger partial charge in [0.05, 0.1) is 16.1 Å². The van der Waals surface area contributed by atoms with Gasteiger partial charge in [-0.1, -0.05) is 41.9 Å². The summed E-state index contributed by atoms with van der Waals surface area (Å²) in [6, 6.07) is 15.8. The van der Waals surface area contributed by atoms with Gasteiger partial charge in [-0.25, -0.2) is 9.97 Å². The van der Waals surface area contributed by atoms with Crippen molar-refractivity contribution in [3.63, 3.8) is 0 Å². The Labute approximate surface area is 215 Å². The predicted molar refractivity (Wildman–Crippen MR) is 139 cm³/mol. The SMILES string of the molecule is CC1(C(=O)O)CCCN(c2cccc(S(=O)(=O)Nc3ccc(Cl)c(-c4ccccc4C4CC4)n3)n2)C1. The Morgan fingerprint density at radius 2 is 1.89 bits per heavy atom. The lowest BCUT2D eigenvalue weighted by atomic mass is 9.82. The number of carboxylic acids is 1. The largest absolute Gasteiger partial charge is 0.481 e. The molecule has 188 valence electrons. The number of hydrogen-bond donors (Lipinski definition) is 2. The van der Waals surface area contributed by atoms with Crippen LogP contribution in [0.5, 0.6) is 0 Å². The smallest absolute Gasteiger partial charge is 0.311 e. The number of sulfonamides is 1. The quantitative estimate of drug-likeness (QED) is 0.437. The molecule has 1 saturated carbocycles. The van der Waals surface area contributed by atoms with Crippen molar-refractivity contribution in [3.05, 3.63) is 65.2 Å². The van der Waals surface area contributed by atoms with E-state index in [-0.39, 0.29) is 17.4 Å². The van der Waals surface area contributed by atoms with Crippen molar-refractivity contribution < 1.29 is 18.3 Å². The van der Waals surface area contributed by atoms with Crippen LogP contribution in [0, 0.1) is 5.41 Å². The molecular formula is C26H27ClN4O4S. The average molecular weight is 527 g/mol. The minimum absolute atomic E-state index is 0.142. The van der Waals surface area contributed by atoms with Gasteiger partial charge in [0.1, 0.15) is 11.6 Å². The Kier molecular flexibility index (Phi) is 6.38. The molecule has 2 N–H and O–H groups in total. The minimum atomic E-state index is -4.06. The van der Waals surface area contributed by atoms with Crippen molar-refractivity contribution in [2.75, 3.05) is 22.7 Å². The van der Waals surface area contributed by atoms with E-state index in [4.69, 9.17) is 11.6 Å². The summed E-state index contributed by atoms with van der Waals surface area (Å²) >= 11 is 6.47. The van der Waals surface area contributed by atoms with E-state index in [0.717, 1.165) is 24.0 Å². The second-order valence-electron chi connectivity index (χ2n) is 9.72. The van der Waals surface area contributed by atoms with Crippen LogP contribution in [0.15, 0.2) is 59.6 Å². The highest BCUT2D eigenvalue weighted by Crippen LogP contribution is 2.45. The van der Waals surface area contributed by atoms with Gasteiger partial charge < -0.3 is 10.0 Å². The second kappa shape index (κ2) is 9.37. The molecule has 3 heterocycles. The summed E-state index contributed by atoms with van der Waals surface area (Å²) in [6.07, 6.45) is 3.48. The number of anilines is 2. The van der Waals surface area contributed by atoms with E-state index in [0.29, 0.717) is 41.8 Å². The molecule has 1 unspecified atom stereocenters. The summed E-state index contributed by atoms with van der Waals surface area (Å²) in [5.41, 5.74) is 1.68. The molecule has 0 amide bonds. The van der Waals surface area contributed by atoms with Crippen molar-refractivity contribution in [1.82, 2.24) is 9.97 Å². The van der Waals surface area contributed by atoms with Gasteiger partial charge in [0.25, 0.3) is 10.0 Å². The zero-order chi connectivity index (χ0) is 25.5. The highest BCUT2D eigenvalue weighted by Gasteiger charge is 2.38. The van der Waals surface area contributed by atoms with Gasteiger partial charge >= 0.3 is 5.97 Å². The Morgan fingerprint density at radius 1 is 1.11 bits per heavy atom. The number of benzene rings is 1. The number of rotatable bonds is 7. The van der Waals surface area contributed by atoms with Crippen LogP contribution in [0.25, 0.3) is 11.3 Å². The number of carbonyl (C=O) groups is 1. The molecule has 1 atom stereocenters. The second-order valence-corrected chi connectivity index (χ2v) is 11.8. The number of nitrogens with one attached hydrogen (secondary N) is 1. The fraction of sp³-hybridized carbons (Fsp3) is 0.346. The van der Waals surface area contributed by atoms with Crippen LogP contribution in [-0.2, 0) is 14.8 Å². The summed E-state index contributed by atoms with van der Waals surface area (Å²) in [5.74, 6) is 0.173. The Morgan fingerprint density at radius 3 is 2.64 bits per heavy atom. The molecule has 3 aromatic rings. The molecule has 1 aliphatic heterocycles. The summed E-state index contributed by atoms with van der Waals surface area (Å²) in [6.45, 7) is 2.57. The monoisotopic (exact) mass is 526 g/mol. The first-order valence-corrected chi connectivity index (χ1v) is 13.8. The fourth-order valence-corrected chi connectivity index (χ4v) is 5.85. The molecule has 0 spiro atoms. The van der Waals surface area contributed by atoms with Crippen molar-refractivity contribution in [2.24, 2.45) is 5.41 Å². The molecule has 1 saturated heterocycles. The van der Waals surface area contributed by atoms with E-state index in [2.05, 4.69) is 20.8 Å². The third-order valence-corrected chi connectivity index (χ3v) is 8.40. The first-order chi connectivity index (χ1) is 17.2. The van der Waals surface area contributed by atoms with Crippen molar-refractivity contribution in [3.8, 4) is 11.3 Å². The average Bonchev–Trinajstić information content (AvgIpc) is 3.71. The van der Waals surface area contributed by atoms with Crippen molar-refractivity contribution >= 4 is 39.2 Å². The number of pyridine rings is 2. The Bertz CT molecular complexity index is 1430. The predicted octanol–water partition coefficient (Wildman–Crippen LogP) is 5.17. The number of halogens is 1. The van der Waals surface area contributed by atoms with E-state index in [1.54, 1.807) is 25.1 Å². The van der Waals surface area contributed by atoms with Crippen molar-refractivity contribution in [2.45, 2.75) is 43.6 Å². The van der Waals surface area contributed by atoms with Crippen LogP contribution in [0.4, 0.5) is 11.6 Å². The van der Waals surface area contributed by atoms with Gasteiger partial charge in [-0.15, -0.1) is 0 Å². The lowest BCUT2D eigenvalue weighted by molar-refractivity contribution is -0.148. The Hall–Kier alpha value is -3.17. The van der Waals surface area contributed by atoms with Gasteiger partial charge in [-0.05, 0) is 68.4 Å². The molecule has 0 bridgehead atoms. The lowest BCUT2D eigenvalue weighted by Gasteiger charge is -2.38. The molecule has 36 heavy (non-hydrogen) atoms. The van der Waals surface area contributed by atoms with Gasteiger partial charge in [-0.2, -0.15) is 8.42 Å². The normalized spacial score (nSPS) is 20.2. The summed E-state index contributed by atoms with van der Waals surface area (Å²) in [4.78, 5) is 22.5. The first kappa shape index (κ1) is 24.5. The lowest BCUT2D eigenvalue weighted by Crippen LogP contribution is -2.46.